The van der Waals surface area contributed by atoms with Crippen LogP contribution < -0.4 is 5.32 Å². The Morgan fingerprint density at radius 2 is 2.20 bits per heavy atom. The van der Waals surface area contributed by atoms with Gasteiger partial charge in [-0.25, -0.2) is 4.79 Å². The molecule has 1 fully saturated rings. The highest BCUT2D eigenvalue weighted by Gasteiger charge is 2.31. The topological polar surface area (TPSA) is 128 Å². The molecule has 0 radical (unpaired) electrons. The van der Waals surface area contributed by atoms with Gasteiger partial charge in [0.25, 0.3) is 0 Å². The van der Waals surface area contributed by atoms with Gasteiger partial charge in [0.2, 0.25) is 0 Å². The number of aliphatic imine (C=N–C) groups is 1. The van der Waals surface area contributed by atoms with Crippen LogP contribution in [0.15, 0.2) is 4.99 Å². The number of aliphatic hydroxyl groups excluding tert-OH is 1. The van der Waals surface area contributed by atoms with Crippen LogP contribution in [0.1, 0.15) is 19.3 Å². The molecule has 1 aliphatic carbocycles. The van der Waals surface area contributed by atoms with Crippen molar-refractivity contribution in [2.75, 3.05) is 20.3 Å². The third kappa shape index (κ3) is 4.55. The molecule has 0 aliphatic heterocycles. The molecule has 0 aromatic heterocycles. The molecule has 20 heavy (non-hydrogen) atoms. The summed E-state index contributed by atoms with van der Waals surface area (Å²) in [6, 6.07) is -1.43. The van der Waals surface area contributed by atoms with Crippen LogP contribution in [0.25, 0.3) is 0 Å². The monoisotopic (exact) mass is 288 g/mol. The second kappa shape index (κ2) is 7.93. The number of aliphatic carboxylic acids is 2. The number of nitrogens with zero attached hydrogens (tertiary/aromatic N) is 1. The first-order valence-electron chi connectivity index (χ1n) is 6.37. The smallest absolute Gasteiger partial charge is 0.330 e. The normalized spacial score (nSPS) is 26.4. The van der Waals surface area contributed by atoms with Crippen LogP contribution in [0.2, 0.25) is 0 Å². The summed E-state index contributed by atoms with van der Waals surface area (Å²) in [6.07, 6.45) is 1.58. The maximum Gasteiger partial charge on any atom is 0.330 e. The van der Waals surface area contributed by atoms with E-state index in [1.54, 1.807) is 0 Å². The average Bonchev–Trinajstić information content (AvgIpc) is 2.41. The van der Waals surface area contributed by atoms with Crippen molar-refractivity contribution in [2.24, 2.45) is 4.99 Å². The molecule has 4 N–H and O–H groups in total. The standard InChI is InChI=1S/C12H20N2O6/c1-20-11-7(13-5-10(16)17)3-2-4-8(11)14-9(6-15)12(18)19/h7,9,11,13,15H,2-6H2,1H3,(H,16,17)(H,18,19)/t7?,9-,11?/m0/s1. The molecule has 0 amide bonds. The van der Waals surface area contributed by atoms with Crippen LogP contribution in [0, 0.1) is 0 Å². The van der Waals surface area contributed by atoms with Crippen molar-refractivity contribution in [1.82, 2.24) is 5.32 Å². The maximum atomic E-state index is 10.9. The molecule has 8 heteroatoms. The minimum Gasteiger partial charge on any atom is -0.480 e. The van der Waals surface area contributed by atoms with Crippen molar-refractivity contribution in [1.29, 1.82) is 0 Å². The third-order valence-electron chi connectivity index (χ3n) is 3.19. The first-order chi connectivity index (χ1) is 9.49. The van der Waals surface area contributed by atoms with E-state index in [4.69, 9.17) is 20.1 Å². The second-order valence-corrected chi connectivity index (χ2v) is 4.59. The number of hydrogen-bond acceptors (Lipinski definition) is 6. The molecule has 0 aromatic carbocycles. The Kier molecular flexibility index (Phi) is 6.56. The zero-order chi connectivity index (χ0) is 15.1. The Labute approximate surface area is 116 Å². The van der Waals surface area contributed by atoms with Crippen LogP contribution in [-0.4, -0.2) is 71.4 Å². The number of methoxy groups -OCH3 is 1. The zero-order valence-electron chi connectivity index (χ0n) is 11.3. The fourth-order valence-electron chi connectivity index (χ4n) is 2.27. The van der Waals surface area contributed by atoms with Crippen LogP contribution in [-0.2, 0) is 14.3 Å². The summed E-state index contributed by atoms with van der Waals surface area (Å²) in [4.78, 5) is 25.5. The molecule has 2 unspecified atom stereocenters. The number of aliphatic hydroxyl groups is 1. The van der Waals surface area contributed by atoms with E-state index >= 15 is 0 Å². The highest BCUT2D eigenvalue weighted by Crippen LogP contribution is 2.20. The number of hydrogen-bond donors (Lipinski definition) is 4. The van der Waals surface area contributed by atoms with Gasteiger partial charge in [0.15, 0.2) is 6.04 Å². The Bertz CT molecular complexity index is 384. The van der Waals surface area contributed by atoms with Gasteiger partial charge in [0, 0.05) is 18.9 Å². The quantitative estimate of drug-likeness (QED) is 0.478. The summed E-state index contributed by atoms with van der Waals surface area (Å²) in [5.41, 5.74) is 0.545. The van der Waals surface area contributed by atoms with E-state index in [2.05, 4.69) is 10.3 Å². The average molecular weight is 288 g/mol. The summed E-state index contributed by atoms with van der Waals surface area (Å²) in [7, 11) is 1.47. The van der Waals surface area contributed by atoms with Crippen molar-refractivity contribution in [3.63, 3.8) is 0 Å². The van der Waals surface area contributed by atoms with Gasteiger partial charge in [-0.1, -0.05) is 0 Å². The molecule has 0 saturated heterocycles. The summed E-state index contributed by atoms with van der Waals surface area (Å²) >= 11 is 0. The molecular weight excluding hydrogens is 268 g/mol. The van der Waals surface area contributed by atoms with Crippen LogP contribution in [0.4, 0.5) is 0 Å². The van der Waals surface area contributed by atoms with Crippen molar-refractivity contribution in [3.8, 4) is 0 Å². The van der Waals surface area contributed by atoms with Crippen molar-refractivity contribution >= 4 is 17.7 Å². The summed E-state index contributed by atoms with van der Waals surface area (Å²) in [5, 5.41) is 29.4. The van der Waals surface area contributed by atoms with Gasteiger partial charge in [-0.15, -0.1) is 0 Å². The van der Waals surface area contributed by atoms with Gasteiger partial charge in [-0.05, 0) is 19.3 Å². The number of nitrogens with one attached hydrogen (secondary N) is 1. The molecule has 114 valence electrons. The molecular formula is C12H20N2O6. The number of carbonyl (C=O) groups is 2. The van der Waals surface area contributed by atoms with Gasteiger partial charge < -0.3 is 25.4 Å². The minimum atomic E-state index is -1.21. The lowest BCUT2D eigenvalue weighted by molar-refractivity contribution is -0.139. The predicted octanol–water partition coefficient (Wildman–Crippen LogP) is -0.885. The van der Waals surface area contributed by atoms with E-state index in [9.17, 15) is 9.59 Å². The van der Waals surface area contributed by atoms with E-state index in [1.807, 2.05) is 0 Å². The van der Waals surface area contributed by atoms with E-state index < -0.39 is 30.7 Å². The Morgan fingerprint density at radius 3 is 2.70 bits per heavy atom. The highest BCUT2D eigenvalue weighted by atomic mass is 16.5. The van der Waals surface area contributed by atoms with Gasteiger partial charge in [-0.2, -0.15) is 0 Å². The lowest BCUT2D eigenvalue weighted by Gasteiger charge is -2.32. The molecule has 1 aliphatic rings. The van der Waals surface area contributed by atoms with Crippen LogP contribution >= 0.6 is 0 Å². The number of carboxylic acids is 2. The van der Waals surface area contributed by atoms with E-state index in [0.717, 1.165) is 12.8 Å². The number of rotatable bonds is 7. The van der Waals surface area contributed by atoms with Gasteiger partial charge in [-0.3, -0.25) is 9.79 Å². The van der Waals surface area contributed by atoms with Gasteiger partial charge in [0.1, 0.15) is 6.10 Å². The van der Waals surface area contributed by atoms with Crippen LogP contribution in [0.3, 0.4) is 0 Å². The predicted molar refractivity (Wildman–Crippen MR) is 70.0 cm³/mol. The molecule has 1 rings (SSSR count). The first-order valence-corrected chi connectivity index (χ1v) is 6.37. The first kappa shape index (κ1) is 16.5. The van der Waals surface area contributed by atoms with Crippen LogP contribution in [0.5, 0.6) is 0 Å². The molecule has 0 heterocycles. The van der Waals surface area contributed by atoms with Gasteiger partial charge >= 0.3 is 11.9 Å². The Hall–Kier alpha value is -1.51. The van der Waals surface area contributed by atoms with Crippen molar-refractivity contribution < 1.29 is 29.6 Å². The Morgan fingerprint density at radius 1 is 1.50 bits per heavy atom. The SMILES string of the molecule is COC1C(=N[C@@H](CO)C(=O)O)CCCC1NCC(=O)O. The van der Waals surface area contributed by atoms with Crippen molar-refractivity contribution in [3.05, 3.63) is 0 Å². The summed E-state index contributed by atoms with van der Waals surface area (Å²) in [5.74, 6) is -2.17. The maximum absolute atomic E-state index is 10.9. The van der Waals surface area contributed by atoms with E-state index in [0.29, 0.717) is 12.1 Å². The minimum absolute atomic E-state index is 0.194. The second-order valence-electron chi connectivity index (χ2n) is 4.59. The fourth-order valence-corrected chi connectivity index (χ4v) is 2.27. The lowest BCUT2D eigenvalue weighted by atomic mass is 9.90. The highest BCUT2D eigenvalue weighted by molar-refractivity contribution is 5.92. The zero-order valence-corrected chi connectivity index (χ0v) is 11.3. The molecule has 0 aromatic rings. The molecule has 0 spiro atoms. The van der Waals surface area contributed by atoms with E-state index in [1.165, 1.54) is 7.11 Å². The van der Waals surface area contributed by atoms with E-state index in [-0.39, 0.29) is 12.6 Å². The fraction of sp³-hybridized carbons (Fsp3) is 0.750. The Balaban J connectivity index is 2.81. The van der Waals surface area contributed by atoms with Gasteiger partial charge in [0.05, 0.1) is 13.2 Å². The molecule has 0 bridgehead atoms. The van der Waals surface area contributed by atoms with Crippen molar-refractivity contribution in [2.45, 2.75) is 37.5 Å². The third-order valence-corrected chi connectivity index (χ3v) is 3.19. The summed E-state index contributed by atoms with van der Waals surface area (Å²) in [6.45, 7) is -0.775. The largest absolute Gasteiger partial charge is 0.480 e. The summed E-state index contributed by atoms with van der Waals surface area (Å²) < 4.78 is 5.31. The molecule has 3 atom stereocenters. The molecule has 8 nitrogen and oxygen atoms in total. The number of ether oxygens (including phenoxy) is 1. The molecule has 1 saturated carbocycles. The number of carboxylic acid groups (broad SMARTS) is 2. The lowest BCUT2D eigenvalue weighted by Crippen LogP contribution is -2.50.